The van der Waals surface area contributed by atoms with Gasteiger partial charge in [-0.25, -0.2) is 8.42 Å². The van der Waals surface area contributed by atoms with Crippen molar-refractivity contribution in [3.8, 4) is 10.8 Å². The Morgan fingerprint density at radius 3 is 2.94 bits per heavy atom. The molecule has 1 aliphatic rings. The number of rotatable bonds is 2. The highest BCUT2D eigenvalue weighted by molar-refractivity contribution is 7.91. The zero-order valence-corrected chi connectivity index (χ0v) is 11.0. The molecule has 0 saturated carbocycles. The molecule has 0 amide bonds. The van der Waals surface area contributed by atoms with Gasteiger partial charge in [0.25, 0.3) is 5.89 Å². The summed E-state index contributed by atoms with van der Waals surface area (Å²) in [6.07, 6.45) is 0.557. The number of sulfone groups is 1. The molecule has 1 atom stereocenters. The molecular weight excluding hydrogens is 274 g/mol. The maximum absolute atomic E-state index is 11.4. The molecule has 3 rings (SSSR count). The van der Waals surface area contributed by atoms with Crippen LogP contribution in [0.25, 0.3) is 10.8 Å². The molecule has 0 radical (unpaired) electrons. The van der Waals surface area contributed by atoms with Gasteiger partial charge in [-0.15, -0.1) is 11.3 Å². The first-order chi connectivity index (χ1) is 8.55. The quantitative estimate of drug-likeness (QED) is 0.892. The Kier molecular flexibility index (Phi) is 2.63. The number of hydrogen-bond acceptors (Lipinski definition) is 7. The van der Waals surface area contributed by atoms with Crippen molar-refractivity contribution in [1.29, 1.82) is 0 Å². The fourth-order valence-corrected chi connectivity index (χ4v) is 4.46. The highest BCUT2D eigenvalue weighted by atomic mass is 32.2. The molecule has 2 N–H and O–H groups in total. The molecule has 1 fully saturated rings. The van der Waals surface area contributed by atoms with Gasteiger partial charge in [0, 0.05) is 5.92 Å². The maximum Gasteiger partial charge on any atom is 0.270 e. The molecule has 1 unspecified atom stereocenters. The molecule has 3 heterocycles. The van der Waals surface area contributed by atoms with Crippen molar-refractivity contribution in [3.05, 3.63) is 17.3 Å². The molecule has 0 aromatic carbocycles. The van der Waals surface area contributed by atoms with Crippen molar-refractivity contribution < 1.29 is 12.9 Å². The largest absolute Gasteiger partial charge is 0.397 e. The van der Waals surface area contributed by atoms with E-state index in [2.05, 4.69) is 10.1 Å². The van der Waals surface area contributed by atoms with Crippen LogP contribution in [0, 0.1) is 0 Å². The highest BCUT2D eigenvalue weighted by Gasteiger charge is 2.32. The number of nitrogen functional groups attached to an aromatic ring is 1. The first-order valence-electron chi connectivity index (χ1n) is 5.42. The molecule has 1 saturated heterocycles. The first-order valence-corrected chi connectivity index (χ1v) is 8.12. The van der Waals surface area contributed by atoms with E-state index in [-0.39, 0.29) is 17.4 Å². The Balaban J connectivity index is 1.89. The molecule has 0 aliphatic carbocycles. The van der Waals surface area contributed by atoms with Crippen molar-refractivity contribution in [2.45, 2.75) is 12.3 Å². The van der Waals surface area contributed by atoms with E-state index in [1.54, 1.807) is 6.07 Å². The molecule has 6 nitrogen and oxygen atoms in total. The minimum atomic E-state index is -2.94. The Morgan fingerprint density at radius 1 is 1.50 bits per heavy atom. The summed E-state index contributed by atoms with van der Waals surface area (Å²) in [5, 5.41) is 5.70. The van der Waals surface area contributed by atoms with Crippen LogP contribution < -0.4 is 5.73 Å². The van der Waals surface area contributed by atoms with Gasteiger partial charge >= 0.3 is 0 Å². The predicted octanol–water partition coefficient (Wildman–Crippen LogP) is 1.28. The molecule has 1 aliphatic heterocycles. The number of nitrogens with zero attached hydrogens (tertiary/aromatic N) is 2. The molecule has 96 valence electrons. The second-order valence-corrected chi connectivity index (χ2v) is 7.41. The van der Waals surface area contributed by atoms with Gasteiger partial charge in [-0.1, -0.05) is 5.16 Å². The van der Waals surface area contributed by atoms with Gasteiger partial charge in [0.2, 0.25) is 0 Å². The van der Waals surface area contributed by atoms with E-state index in [0.29, 0.717) is 23.8 Å². The van der Waals surface area contributed by atoms with Crippen molar-refractivity contribution in [1.82, 2.24) is 10.1 Å². The first kappa shape index (κ1) is 11.7. The topological polar surface area (TPSA) is 99.1 Å². The van der Waals surface area contributed by atoms with E-state index in [4.69, 9.17) is 10.3 Å². The summed E-state index contributed by atoms with van der Waals surface area (Å²) in [7, 11) is -2.94. The molecular formula is C10H11N3O3S2. The lowest BCUT2D eigenvalue weighted by Gasteiger charge is -1.98. The fraction of sp³-hybridized carbons (Fsp3) is 0.400. The summed E-state index contributed by atoms with van der Waals surface area (Å²) in [5.74, 6) is 0.962. The normalized spacial score (nSPS) is 22.3. The summed E-state index contributed by atoms with van der Waals surface area (Å²) < 4.78 is 27.9. The van der Waals surface area contributed by atoms with Crippen LogP contribution in [0.15, 0.2) is 16.0 Å². The lowest BCUT2D eigenvalue weighted by Crippen LogP contribution is -2.05. The standard InChI is InChI=1S/C10H11N3O3S2/c11-7-1-3-17-8(7)10-12-9(13-16-10)6-2-4-18(14,15)5-6/h1,3,6H,2,4-5,11H2. The van der Waals surface area contributed by atoms with Crippen LogP contribution in [0.2, 0.25) is 0 Å². The lowest BCUT2D eigenvalue weighted by atomic mass is 10.1. The Hall–Kier alpha value is -1.41. The van der Waals surface area contributed by atoms with Gasteiger partial charge in [0.05, 0.1) is 17.2 Å². The molecule has 2 aromatic rings. The van der Waals surface area contributed by atoms with Crippen molar-refractivity contribution in [3.63, 3.8) is 0 Å². The van der Waals surface area contributed by atoms with E-state index >= 15 is 0 Å². The summed E-state index contributed by atoms with van der Waals surface area (Å²) in [4.78, 5) is 4.98. The van der Waals surface area contributed by atoms with E-state index in [1.165, 1.54) is 11.3 Å². The number of thiophene rings is 1. The summed E-state index contributed by atoms with van der Waals surface area (Å²) in [6.45, 7) is 0. The van der Waals surface area contributed by atoms with E-state index in [1.807, 2.05) is 5.38 Å². The number of anilines is 1. The van der Waals surface area contributed by atoms with Gasteiger partial charge < -0.3 is 10.3 Å². The van der Waals surface area contributed by atoms with Gasteiger partial charge in [-0.2, -0.15) is 4.98 Å². The number of hydrogen-bond donors (Lipinski definition) is 1. The highest BCUT2D eigenvalue weighted by Crippen LogP contribution is 2.33. The van der Waals surface area contributed by atoms with Crippen LogP contribution in [-0.2, 0) is 9.84 Å². The summed E-state index contributed by atoms with van der Waals surface area (Å²) in [6, 6.07) is 1.77. The zero-order chi connectivity index (χ0) is 12.8. The SMILES string of the molecule is Nc1ccsc1-c1nc(C2CCS(=O)(=O)C2)no1. The average molecular weight is 285 g/mol. The van der Waals surface area contributed by atoms with Gasteiger partial charge in [-0.05, 0) is 17.9 Å². The Labute approximate surface area is 108 Å². The van der Waals surface area contributed by atoms with Crippen LogP contribution >= 0.6 is 11.3 Å². The molecule has 2 aromatic heterocycles. The predicted molar refractivity (Wildman–Crippen MR) is 68.0 cm³/mol. The second-order valence-electron chi connectivity index (χ2n) is 4.26. The van der Waals surface area contributed by atoms with Gasteiger partial charge in [0.1, 0.15) is 4.88 Å². The summed E-state index contributed by atoms with van der Waals surface area (Å²) >= 11 is 1.42. The monoisotopic (exact) mass is 285 g/mol. The zero-order valence-electron chi connectivity index (χ0n) is 9.37. The van der Waals surface area contributed by atoms with Gasteiger partial charge in [0.15, 0.2) is 15.7 Å². The van der Waals surface area contributed by atoms with Crippen molar-refractivity contribution in [2.24, 2.45) is 0 Å². The van der Waals surface area contributed by atoms with Crippen LogP contribution in [0.3, 0.4) is 0 Å². The van der Waals surface area contributed by atoms with E-state index in [0.717, 1.165) is 4.88 Å². The molecule has 8 heteroatoms. The van der Waals surface area contributed by atoms with E-state index < -0.39 is 9.84 Å². The fourth-order valence-electron chi connectivity index (χ4n) is 1.98. The number of aromatic nitrogens is 2. The van der Waals surface area contributed by atoms with Crippen molar-refractivity contribution in [2.75, 3.05) is 17.2 Å². The van der Waals surface area contributed by atoms with Crippen LogP contribution in [-0.4, -0.2) is 30.1 Å². The van der Waals surface area contributed by atoms with Gasteiger partial charge in [-0.3, -0.25) is 0 Å². The Bertz CT molecular complexity index is 674. The lowest BCUT2D eigenvalue weighted by molar-refractivity contribution is 0.419. The molecule has 0 bridgehead atoms. The summed E-state index contributed by atoms with van der Waals surface area (Å²) in [5.41, 5.74) is 6.36. The third-order valence-corrected chi connectivity index (χ3v) is 5.62. The average Bonchev–Trinajstić information content (AvgIpc) is 2.97. The molecule has 0 spiro atoms. The van der Waals surface area contributed by atoms with Crippen LogP contribution in [0.1, 0.15) is 18.2 Å². The maximum atomic E-state index is 11.4. The second kappa shape index (κ2) is 4.06. The smallest absolute Gasteiger partial charge is 0.270 e. The third-order valence-electron chi connectivity index (χ3n) is 2.93. The van der Waals surface area contributed by atoms with E-state index in [9.17, 15) is 8.42 Å². The van der Waals surface area contributed by atoms with Crippen molar-refractivity contribution >= 4 is 26.9 Å². The minimum Gasteiger partial charge on any atom is -0.397 e. The number of nitrogens with two attached hydrogens (primary N) is 1. The Morgan fingerprint density at radius 2 is 2.33 bits per heavy atom. The molecule has 18 heavy (non-hydrogen) atoms. The minimum absolute atomic E-state index is 0.103. The third kappa shape index (κ3) is 2.01. The van der Waals surface area contributed by atoms with Crippen LogP contribution in [0.5, 0.6) is 0 Å². The van der Waals surface area contributed by atoms with Crippen LogP contribution in [0.4, 0.5) is 5.69 Å².